The van der Waals surface area contributed by atoms with Gasteiger partial charge < -0.3 is 5.32 Å². The van der Waals surface area contributed by atoms with Crippen LogP contribution < -0.4 is 5.32 Å². The third kappa shape index (κ3) is 3.13. The van der Waals surface area contributed by atoms with Crippen LogP contribution in [0.5, 0.6) is 0 Å². The van der Waals surface area contributed by atoms with E-state index in [9.17, 15) is 13.2 Å². The van der Waals surface area contributed by atoms with Crippen molar-refractivity contribution in [2.75, 3.05) is 31.6 Å². The molecule has 0 spiro atoms. The van der Waals surface area contributed by atoms with Gasteiger partial charge in [0, 0.05) is 29.7 Å². The summed E-state index contributed by atoms with van der Waals surface area (Å²) in [5.41, 5.74) is 0.199. The number of thioether (sulfide) groups is 1. The molecular formula is C14H19F3N2S. The molecule has 0 aromatic heterocycles. The molecule has 0 radical (unpaired) electrons. The fourth-order valence-corrected chi connectivity index (χ4v) is 3.78. The van der Waals surface area contributed by atoms with Gasteiger partial charge in [-0.1, -0.05) is 13.0 Å². The van der Waals surface area contributed by atoms with Gasteiger partial charge in [0.1, 0.15) is 0 Å². The molecule has 1 heterocycles. The SMILES string of the molecule is CCNC(c1ccc(F)c(F)c1F)C1CSCCN1C. The number of halogens is 3. The van der Waals surface area contributed by atoms with Crippen molar-refractivity contribution in [2.24, 2.45) is 0 Å². The monoisotopic (exact) mass is 304 g/mol. The van der Waals surface area contributed by atoms with Gasteiger partial charge in [-0.25, -0.2) is 13.2 Å². The van der Waals surface area contributed by atoms with Crippen molar-refractivity contribution in [1.29, 1.82) is 0 Å². The average Bonchev–Trinajstić information content (AvgIpc) is 2.44. The van der Waals surface area contributed by atoms with Gasteiger partial charge >= 0.3 is 0 Å². The van der Waals surface area contributed by atoms with Crippen LogP contribution in [0.2, 0.25) is 0 Å². The summed E-state index contributed by atoms with van der Waals surface area (Å²) in [6.45, 7) is 3.46. The van der Waals surface area contributed by atoms with E-state index >= 15 is 0 Å². The Labute approximate surface area is 121 Å². The van der Waals surface area contributed by atoms with Gasteiger partial charge in [-0.2, -0.15) is 11.8 Å². The topological polar surface area (TPSA) is 15.3 Å². The minimum atomic E-state index is -1.39. The molecule has 20 heavy (non-hydrogen) atoms. The molecule has 6 heteroatoms. The lowest BCUT2D eigenvalue weighted by Crippen LogP contribution is -2.48. The van der Waals surface area contributed by atoms with E-state index < -0.39 is 17.5 Å². The number of nitrogens with one attached hydrogen (secondary N) is 1. The molecule has 1 N–H and O–H groups in total. The van der Waals surface area contributed by atoms with Crippen LogP contribution in [0.4, 0.5) is 13.2 Å². The van der Waals surface area contributed by atoms with E-state index in [2.05, 4.69) is 10.2 Å². The molecule has 0 bridgehead atoms. The van der Waals surface area contributed by atoms with Gasteiger partial charge in [0.2, 0.25) is 0 Å². The lowest BCUT2D eigenvalue weighted by Gasteiger charge is -2.38. The summed E-state index contributed by atoms with van der Waals surface area (Å²) >= 11 is 1.80. The molecule has 1 fully saturated rings. The molecule has 1 aliphatic heterocycles. The van der Waals surface area contributed by atoms with Crippen molar-refractivity contribution in [2.45, 2.75) is 19.0 Å². The predicted molar refractivity (Wildman–Crippen MR) is 76.5 cm³/mol. The van der Waals surface area contributed by atoms with E-state index in [1.54, 1.807) is 11.8 Å². The molecular weight excluding hydrogens is 285 g/mol. The molecule has 2 unspecified atom stereocenters. The zero-order chi connectivity index (χ0) is 14.7. The first kappa shape index (κ1) is 15.7. The lowest BCUT2D eigenvalue weighted by atomic mass is 9.98. The number of hydrogen-bond donors (Lipinski definition) is 1. The molecule has 0 amide bonds. The first-order valence-electron chi connectivity index (χ1n) is 6.71. The van der Waals surface area contributed by atoms with Crippen LogP contribution in [0.15, 0.2) is 12.1 Å². The summed E-state index contributed by atoms with van der Waals surface area (Å²) in [6, 6.07) is 2.06. The van der Waals surface area contributed by atoms with Crippen LogP contribution in [-0.4, -0.2) is 42.6 Å². The van der Waals surface area contributed by atoms with E-state index in [0.29, 0.717) is 6.54 Å². The minimum absolute atomic E-state index is 0.0630. The average molecular weight is 304 g/mol. The van der Waals surface area contributed by atoms with Crippen LogP contribution in [0.25, 0.3) is 0 Å². The fraction of sp³-hybridized carbons (Fsp3) is 0.571. The number of likely N-dealkylation sites (N-methyl/N-ethyl adjacent to an activating group) is 2. The number of rotatable bonds is 4. The van der Waals surface area contributed by atoms with Crippen molar-refractivity contribution in [3.05, 3.63) is 35.1 Å². The maximum atomic E-state index is 14.0. The molecule has 1 aromatic rings. The Morgan fingerprint density at radius 3 is 2.75 bits per heavy atom. The fourth-order valence-electron chi connectivity index (χ4n) is 2.51. The molecule has 0 saturated carbocycles. The summed E-state index contributed by atoms with van der Waals surface area (Å²) in [5, 5.41) is 3.20. The van der Waals surface area contributed by atoms with Crippen LogP contribution >= 0.6 is 11.8 Å². The number of nitrogens with zero attached hydrogens (tertiary/aromatic N) is 1. The van der Waals surface area contributed by atoms with Gasteiger partial charge in [0.25, 0.3) is 0 Å². The number of hydrogen-bond acceptors (Lipinski definition) is 3. The summed E-state index contributed by atoms with van der Waals surface area (Å²) in [6.07, 6.45) is 0. The zero-order valence-corrected chi connectivity index (χ0v) is 12.4. The second-order valence-electron chi connectivity index (χ2n) is 4.92. The maximum absolute atomic E-state index is 14.0. The molecule has 2 rings (SSSR count). The largest absolute Gasteiger partial charge is 0.309 e. The smallest absolute Gasteiger partial charge is 0.194 e. The molecule has 2 atom stereocenters. The van der Waals surface area contributed by atoms with E-state index in [-0.39, 0.29) is 17.6 Å². The van der Waals surface area contributed by atoms with E-state index in [1.165, 1.54) is 6.07 Å². The first-order chi connectivity index (χ1) is 9.56. The van der Waals surface area contributed by atoms with Gasteiger partial charge in [-0.3, -0.25) is 4.90 Å². The molecule has 112 valence electrons. The van der Waals surface area contributed by atoms with Gasteiger partial charge in [-0.05, 0) is 19.7 Å². The first-order valence-corrected chi connectivity index (χ1v) is 7.86. The third-order valence-electron chi connectivity index (χ3n) is 3.65. The maximum Gasteiger partial charge on any atom is 0.194 e. The summed E-state index contributed by atoms with van der Waals surface area (Å²) < 4.78 is 40.6. The van der Waals surface area contributed by atoms with Crippen LogP contribution in [0, 0.1) is 17.5 Å². The second-order valence-corrected chi connectivity index (χ2v) is 6.07. The van der Waals surface area contributed by atoms with Crippen LogP contribution in [0.1, 0.15) is 18.5 Å². The molecule has 0 aliphatic carbocycles. The summed E-state index contributed by atoms with van der Waals surface area (Å²) in [4.78, 5) is 2.14. The normalized spacial score (nSPS) is 21.9. The summed E-state index contributed by atoms with van der Waals surface area (Å²) in [5.74, 6) is -1.75. The van der Waals surface area contributed by atoms with Crippen LogP contribution in [0.3, 0.4) is 0 Å². The number of benzene rings is 1. The van der Waals surface area contributed by atoms with Crippen molar-refractivity contribution in [1.82, 2.24) is 10.2 Å². The van der Waals surface area contributed by atoms with Crippen LogP contribution in [-0.2, 0) is 0 Å². The highest BCUT2D eigenvalue weighted by Crippen LogP contribution is 2.29. The molecule has 1 aliphatic rings. The molecule has 1 aromatic carbocycles. The highest BCUT2D eigenvalue weighted by molar-refractivity contribution is 7.99. The van der Waals surface area contributed by atoms with Gasteiger partial charge in [0.15, 0.2) is 17.5 Å². The van der Waals surface area contributed by atoms with Gasteiger partial charge in [0.05, 0.1) is 6.04 Å². The van der Waals surface area contributed by atoms with Crippen molar-refractivity contribution >= 4 is 11.8 Å². The lowest BCUT2D eigenvalue weighted by molar-refractivity contribution is 0.213. The predicted octanol–water partition coefficient (Wildman–Crippen LogP) is 2.80. The second kappa shape index (κ2) is 6.83. The Bertz CT molecular complexity index is 470. The third-order valence-corrected chi connectivity index (χ3v) is 4.70. The Morgan fingerprint density at radius 1 is 1.35 bits per heavy atom. The quantitative estimate of drug-likeness (QED) is 0.861. The molecule has 1 saturated heterocycles. The van der Waals surface area contributed by atoms with Crippen molar-refractivity contribution in [3.8, 4) is 0 Å². The molecule has 2 nitrogen and oxygen atoms in total. The Hall–Kier alpha value is -0.720. The Morgan fingerprint density at radius 2 is 2.10 bits per heavy atom. The summed E-state index contributed by atoms with van der Waals surface area (Å²) in [7, 11) is 1.98. The van der Waals surface area contributed by atoms with E-state index in [1.807, 2.05) is 14.0 Å². The zero-order valence-electron chi connectivity index (χ0n) is 11.6. The van der Waals surface area contributed by atoms with Crippen molar-refractivity contribution < 1.29 is 13.2 Å². The minimum Gasteiger partial charge on any atom is -0.309 e. The van der Waals surface area contributed by atoms with E-state index in [0.717, 1.165) is 24.1 Å². The van der Waals surface area contributed by atoms with E-state index in [4.69, 9.17) is 0 Å². The van der Waals surface area contributed by atoms with Gasteiger partial charge in [-0.15, -0.1) is 0 Å². The Kier molecular flexibility index (Phi) is 5.35. The Balaban J connectivity index is 2.35. The highest BCUT2D eigenvalue weighted by Gasteiger charge is 2.31. The highest BCUT2D eigenvalue weighted by atomic mass is 32.2. The standard InChI is InChI=1S/C14H19F3N2S/c1-3-18-14(11-8-20-7-6-19(11)2)9-4-5-10(15)13(17)12(9)16/h4-5,11,14,18H,3,6-8H2,1-2H3. The van der Waals surface area contributed by atoms with Crippen molar-refractivity contribution in [3.63, 3.8) is 0 Å².